The third kappa shape index (κ3) is 8.54. The van der Waals surface area contributed by atoms with Crippen LogP contribution in [-0.2, 0) is 11.3 Å². The molecule has 5 nitrogen and oxygen atoms in total. The Kier molecular flexibility index (Phi) is 9.77. The quantitative estimate of drug-likeness (QED) is 0.402. The van der Waals surface area contributed by atoms with Gasteiger partial charge in [-0.1, -0.05) is 26.0 Å². The smallest absolute Gasteiger partial charge is 0.221 e. The van der Waals surface area contributed by atoms with Crippen molar-refractivity contribution in [3.63, 3.8) is 0 Å². The number of carbonyl (C=O) groups is 1. The van der Waals surface area contributed by atoms with Crippen molar-refractivity contribution < 1.29 is 4.79 Å². The molecule has 21 heavy (non-hydrogen) atoms. The van der Waals surface area contributed by atoms with Crippen LogP contribution < -0.4 is 16.0 Å². The minimum atomic E-state index is -0.0653. The number of rotatable bonds is 5. The van der Waals surface area contributed by atoms with Gasteiger partial charge >= 0.3 is 0 Å². The Morgan fingerprint density at radius 3 is 2.57 bits per heavy atom. The molecule has 0 unspecified atom stereocenters. The number of nitrogens with one attached hydrogen (secondary N) is 3. The molecule has 0 atom stereocenters. The van der Waals surface area contributed by atoms with Crippen molar-refractivity contribution >= 4 is 41.5 Å². The fourth-order valence-electron chi connectivity index (χ4n) is 1.67. The first kappa shape index (κ1) is 19.7. The highest BCUT2D eigenvalue weighted by molar-refractivity contribution is 14.0. The van der Waals surface area contributed by atoms with E-state index in [9.17, 15) is 4.79 Å². The fourth-order valence-corrected chi connectivity index (χ4v) is 1.67. The Morgan fingerprint density at radius 2 is 2.00 bits per heavy atom. The van der Waals surface area contributed by atoms with Crippen molar-refractivity contribution in [2.45, 2.75) is 27.3 Å². The van der Waals surface area contributed by atoms with Crippen molar-refractivity contribution in [1.29, 1.82) is 0 Å². The first-order valence-electron chi connectivity index (χ1n) is 6.82. The number of halogens is 1. The van der Waals surface area contributed by atoms with Gasteiger partial charge in [0, 0.05) is 32.7 Å². The van der Waals surface area contributed by atoms with Gasteiger partial charge in [-0.15, -0.1) is 24.0 Å². The summed E-state index contributed by atoms with van der Waals surface area (Å²) in [6, 6.07) is 7.75. The van der Waals surface area contributed by atoms with Crippen LogP contribution in [0.15, 0.2) is 29.3 Å². The lowest BCUT2D eigenvalue weighted by Gasteiger charge is -2.14. The second-order valence-electron chi connectivity index (χ2n) is 5.08. The molecule has 0 aliphatic carbocycles. The van der Waals surface area contributed by atoms with Gasteiger partial charge in [0.1, 0.15) is 0 Å². The van der Waals surface area contributed by atoms with E-state index in [1.165, 1.54) is 6.92 Å². The second kappa shape index (κ2) is 10.4. The Bertz CT molecular complexity index is 474. The lowest BCUT2D eigenvalue weighted by molar-refractivity contribution is -0.114. The van der Waals surface area contributed by atoms with Crippen molar-refractivity contribution in [2.24, 2.45) is 10.9 Å². The summed E-state index contributed by atoms with van der Waals surface area (Å²) in [5.41, 5.74) is 1.89. The van der Waals surface area contributed by atoms with E-state index in [0.717, 1.165) is 23.8 Å². The minimum absolute atomic E-state index is 0. The summed E-state index contributed by atoms with van der Waals surface area (Å²) >= 11 is 0. The molecule has 1 aromatic carbocycles. The number of benzene rings is 1. The average Bonchev–Trinajstić information content (AvgIpc) is 2.38. The average molecular weight is 404 g/mol. The Morgan fingerprint density at radius 1 is 1.29 bits per heavy atom. The predicted molar refractivity (Wildman–Crippen MR) is 99.2 cm³/mol. The number of aliphatic imine (C=N–C) groups is 1. The predicted octanol–water partition coefficient (Wildman–Crippen LogP) is 2.58. The van der Waals surface area contributed by atoms with Gasteiger partial charge in [-0.3, -0.25) is 9.79 Å². The van der Waals surface area contributed by atoms with Crippen molar-refractivity contribution in [2.75, 3.05) is 18.9 Å². The third-order valence-corrected chi connectivity index (χ3v) is 2.61. The maximum Gasteiger partial charge on any atom is 0.221 e. The number of hydrogen-bond acceptors (Lipinski definition) is 2. The molecule has 0 spiro atoms. The van der Waals surface area contributed by atoms with Gasteiger partial charge in [0.15, 0.2) is 5.96 Å². The Labute approximate surface area is 144 Å². The monoisotopic (exact) mass is 404 g/mol. The van der Waals surface area contributed by atoms with Crippen LogP contribution in [0, 0.1) is 5.92 Å². The van der Waals surface area contributed by atoms with Gasteiger partial charge < -0.3 is 16.0 Å². The summed E-state index contributed by atoms with van der Waals surface area (Å²) in [6.07, 6.45) is 0. The molecule has 3 N–H and O–H groups in total. The molecular formula is C15H25IN4O. The fraction of sp³-hybridized carbons (Fsp3) is 0.467. The third-order valence-electron chi connectivity index (χ3n) is 2.61. The molecule has 6 heteroatoms. The van der Waals surface area contributed by atoms with Gasteiger partial charge in [-0.2, -0.15) is 0 Å². The van der Waals surface area contributed by atoms with Crippen LogP contribution in [-0.4, -0.2) is 25.5 Å². The van der Waals surface area contributed by atoms with Crippen LogP contribution >= 0.6 is 24.0 Å². The molecule has 0 saturated carbocycles. The van der Waals surface area contributed by atoms with Crippen molar-refractivity contribution in [3.05, 3.63) is 29.8 Å². The number of anilines is 1. The number of hydrogen-bond donors (Lipinski definition) is 3. The van der Waals surface area contributed by atoms with E-state index in [1.54, 1.807) is 7.05 Å². The SMILES string of the molecule is CN=C(NCc1cccc(NC(C)=O)c1)NCC(C)C.I. The number of carbonyl (C=O) groups excluding carboxylic acids is 1. The molecule has 118 valence electrons. The van der Waals surface area contributed by atoms with Gasteiger partial charge in [0.2, 0.25) is 5.91 Å². The van der Waals surface area contributed by atoms with E-state index in [1.807, 2.05) is 24.3 Å². The zero-order chi connectivity index (χ0) is 15.0. The molecule has 0 radical (unpaired) electrons. The molecular weight excluding hydrogens is 379 g/mol. The molecule has 0 aliphatic rings. The van der Waals surface area contributed by atoms with Gasteiger partial charge in [-0.25, -0.2) is 0 Å². The van der Waals surface area contributed by atoms with Crippen LogP contribution in [0.5, 0.6) is 0 Å². The van der Waals surface area contributed by atoms with Crippen LogP contribution in [0.25, 0.3) is 0 Å². The molecule has 0 heterocycles. The molecule has 1 amide bonds. The first-order valence-corrected chi connectivity index (χ1v) is 6.82. The van der Waals surface area contributed by atoms with Crippen LogP contribution in [0.3, 0.4) is 0 Å². The standard InChI is InChI=1S/C15H24N4O.HI/c1-11(2)9-17-15(16-4)18-10-13-6-5-7-14(8-13)19-12(3)20;/h5-8,11H,9-10H2,1-4H3,(H,19,20)(H2,16,17,18);1H. The summed E-state index contributed by atoms with van der Waals surface area (Å²) < 4.78 is 0. The highest BCUT2D eigenvalue weighted by atomic mass is 127. The Balaban J connectivity index is 0.00000400. The molecule has 0 fully saturated rings. The normalized spacial score (nSPS) is 10.8. The molecule has 0 bridgehead atoms. The van der Waals surface area contributed by atoms with E-state index in [0.29, 0.717) is 12.5 Å². The summed E-state index contributed by atoms with van der Waals surface area (Å²) in [6.45, 7) is 7.34. The lowest BCUT2D eigenvalue weighted by Crippen LogP contribution is -2.38. The maximum absolute atomic E-state index is 11.0. The first-order chi connectivity index (χ1) is 9.51. The minimum Gasteiger partial charge on any atom is -0.356 e. The number of guanidine groups is 1. The molecule has 0 saturated heterocycles. The van der Waals surface area contributed by atoms with Crippen LogP contribution in [0.1, 0.15) is 26.3 Å². The van der Waals surface area contributed by atoms with Crippen LogP contribution in [0.2, 0.25) is 0 Å². The molecule has 1 rings (SSSR count). The summed E-state index contributed by atoms with van der Waals surface area (Å²) in [5, 5.41) is 9.28. The molecule has 0 aliphatic heterocycles. The summed E-state index contributed by atoms with van der Waals surface area (Å²) in [4.78, 5) is 15.2. The van der Waals surface area contributed by atoms with Crippen molar-refractivity contribution in [3.8, 4) is 0 Å². The molecule has 0 aromatic heterocycles. The topological polar surface area (TPSA) is 65.5 Å². The van der Waals surface area contributed by atoms with E-state index < -0.39 is 0 Å². The van der Waals surface area contributed by atoms with Crippen molar-refractivity contribution in [1.82, 2.24) is 10.6 Å². The maximum atomic E-state index is 11.0. The van der Waals surface area contributed by atoms with E-state index in [2.05, 4.69) is 34.8 Å². The second-order valence-corrected chi connectivity index (χ2v) is 5.08. The van der Waals surface area contributed by atoms with Crippen LogP contribution in [0.4, 0.5) is 5.69 Å². The van der Waals surface area contributed by atoms with Gasteiger partial charge in [0.25, 0.3) is 0 Å². The lowest BCUT2D eigenvalue weighted by atomic mass is 10.2. The largest absolute Gasteiger partial charge is 0.356 e. The highest BCUT2D eigenvalue weighted by Crippen LogP contribution is 2.10. The Hall–Kier alpha value is -1.31. The molecule has 1 aromatic rings. The van der Waals surface area contributed by atoms with E-state index >= 15 is 0 Å². The zero-order valence-corrected chi connectivity index (χ0v) is 15.4. The van der Waals surface area contributed by atoms with E-state index in [-0.39, 0.29) is 29.9 Å². The number of amides is 1. The number of nitrogens with zero attached hydrogens (tertiary/aromatic N) is 1. The van der Waals surface area contributed by atoms with Gasteiger partial charge in [0.05, 0.1) is 0 Å². The van der Waals surface area contributed by atoms with Gasteiger partial charge in [-0.05, 0) is 23.6 Å². The summed E-state index contributed by atoms with van der Waals surface area (Å²) in [7, 11) is 1.75. The summed E-state index contributed by atoms with van der Waals surface area (Å²) in [5.74, 6) is 1.28. The highest BCUT2D eigenvalue weighted by Gasteiger charge is 2.01. The van der Waals surface area contributed by atoms with E-state index in [4.69, 9.17) is 0 Å². The zero-order valence-electron chi connectivity index (χ0n) is 13.1.